The van der Waals surface area contributed by atoms with Crippen LogP contribution < -0.4 is 10.1 Å². The van der Waals surface area contributed by atoms with E-state index in [1.807, 2.05) is 38.2 Å². The third-order valence-electron chi connectivity index (χ3n) is 3.03. The number of ether oxygens (including phenoxy) is 1. The van der Waals surface area contributed by atoms with Gasteiger partial charge in [0.1, 0.15) is 0 Å². The number of pyridine rings is 1. The van der Waals surface area contributed by atoms with Crippen LogP contribution in [0.15, 0.2) is 36.5 Å². The Balaban J connectivity index is 2.37. The van der Waals surface area contributed by atoms with Gasteiger partial charge in [-0.3, -0.25) is 5.41 Å². The van der Waals surface area contributed by atoms with Crippen LogP contribution in [0.25, 0.3) is 0 Å². The molecule has 0 spiro atoms. The molecule has 98 valence electrons. The molecular formula is C15H17N3O. The first-order valence-corrected chi connectivity index (χ1v) is 6.03. The van der Waals surface area contributed by atoms with E-state index in [2.05, 4.69) is 10.3 Å². The van der Waals surface area contributed by atoms with Crippen molar-refractivity contribution < 1.29 is 4.74 Å². The van der Waals surface area contributed by atoms with Crippen molar-refractivity contribution in [3.8, 4) is 5.88 Å². The normalized spacial score (nSPS) is 10.1. The number of nitrogens with zero attached hydrogens (tertiary/aromatic N) is 1. The van der Waals surface area contributed by atoms with Crippen molar-refractivity contribution >= 4 is 11.4 Å². The average molecular weight is 255 g/mol. The second-order valence-electron chi connectivity index (χ2n) is 4.24. The number of rotatable bonds is 4. The summed E-state index contributed by atoms with van der Waals surface area (Å²) in [6.07, 6.45) is 1.66. The summed E-state index contributed by atoms with van der Waals surface area (Å²) in [6.45, 7) is 2.00. The van der Waals surface area contributed by atoms with E-state index in [1.165, 1.54) is 0 Å². The molecule has 2 N–H and O–H groups in total. The van der Waals surface area contributed by atoms with Gasteiger partial charge in [0.2, 0.25) is 5.88 Å². The largest absolute Gasteiger partial charge is 0.481 e. The second kappa shape index (κ2) is 5.52. The number of aromatic nitrogens is 1. The minimum absolute atomic E-state index is 0.463. The number of hydrogen-bond acceptors (Lipinski definition) is 4. The Morgan fingerprint density at radius 3 is 2.63 bits per heavy atom. The molecule has 0 aliphatic rings. The van der Waals surface area contributed by atoms with Crippen molar-refractivity contribution in [1.82, 2.24) is 4.98 Å². The fourth-order valence-electron chi connectivity index (χ4n) is 1.85. The molecule has 1 aromatic heterocycles. The highest BCUT2D eigenvalue weighted by atomic mass is 16.5. The molecule has 0 bridgehead atoms. The zero-order valence-corrected chi connectivity index (χ0v) is 11.3. The van der Waals surface area contributed by atoms with Crippen LogP contribution in [0.2, 0.25) is 0 Å². The molecule has 4 heteroatoms. The van der Waals surface area contributed by atoms with E-state index in [9.17, 15) is 0 Å². The third-order valence-corrected chi connectivity index (χ3v) is 3.03. The molecule has 0 saturated heterocycles. The van der Waals surface area contributed by atoms with Gasteiger partial charge in [-0.15, -0.1) is 0 Å². The van der Waals surface area contributed by atoms with Gasteiger partial charge in [-0.25, -0.2) is 4.98 Å². The summed E-state index contributed by atoms with van der Waals surface area (Å²) in [4.78, 5) is 4.14. The molecule has 2 rings (SSSR count). The lowest BCUT2D eigenvalue weighted by molar-refractivity contribution is 0.398. The molecule has 1 aromatic carbocycles. The van der Waals surface area contributed by atoms with Crippen molar-refractivity contribution in [3.63, 3.8) is 0 Å². The molecule has 0 fully saturated rings. The smallest absolute Gasteiger partial charge is 0.212 e. The van der Waals surface area contributed by atoms with Crippen LogP contribution in [0.3, 0.4) is 0 Å². The first-order valence-electron chi connectivity index (χ1n) is 6.03. The van der Waals surface area contributed by atoms with E-state index in [1.54, 1.807) is 19.4 Å². The number of benzene rings is 1. The van der Waals surface area contributed by atoms with Crippen LogP contribution in [0.4, 0.5) is 5.69 Å². The molecule has 0 radical (unpaired) electrons. The van der Waals surface area contributed by atoms with Gasteiger partial charge in [0.15, 0.2) is 0 Å². The standard InChI is InChI=1S/C15H17N3O/c1-10-4-6-12(17-2)8-13(10)15(16)11-5-7-14(19-3)18-9-11/h4-9,16-17H,1-3H3. The first kappa shape index (κ1) is 13.1. The van der Waals surface area contributed by atoms with Gasteiger partial charge < -0.3 is 10.1 Å². The van der Waals surface area contributed by atoms with E-state index in [0.29, 0.717) is 11.6 Å². The Labute approximate surface area is 113 Å². The molecule has 0 aliphatic heterocycles. The molecule has 0 aliphatic carbocycles. The van der Waals surface area contributed by atoms with Gasteiger partial charge in [-0.2, -0.15) is 0 Å². The summed E-state index contributed by atoms with van der Waals surface area (Å²) < 4.78 is 5.02. The van der Waals surface area contributed by atoms with Gasteiger partial charge in [0, 0.05) is 36.1 Å². The monoisotopic (exact) mass is 255 g/mol. The quantitative estimate of drug-likeness (QED) is 0.826. The molecule has 0 unspecified atom stereocenters. The van der Waals surface area contributed by atoms with Crippen molar-refractivity contribution in [3.05, 3.63) is 53.2 Å². The van der Waals surface area contributed by atoms with Crippen molar-refractivity contribution in [2.75, 3.05) is 19.5 Å². The Morgan fingerprint density at radius 2 is 2.05 bits per heavy atom. The zero-order valence-electron chi connectivity index (χ0n) is 11.3. The number of aryl methyl sites for hydroxylation is 1. The lowest BCUT2D eigenvalue weighted by atomic mass is 9.99. The fraction of sp³-hybridized carbons (Fsp3) is 0.200. The third kappa shape index (κ3) is 2.73. The minimum atomic E-state index is 0.463. The topological polar surface area (TPSA) is 58.0 Å². The van der Waals surface area contributed by atoms with Gasteiger partial charge in [-0.1, -0.05) is 6.07 Å². The fourth-order valence-corrected chi connectivity index (χ4v) is 1.85. The molecule has 0 amide bonds. The van der Waals surface area contributed by atoms with Crippen LogP contribution in [0.5, 0.6) is 5.88 Å². The summed E-state index contributed by atoms with van der Waals surface area (Å²) in [5.41, 5.74) is 4.20. The first-order chi connectivity index (χ1) is 9.15. The molecule has 4 nitrogen and oxygen atoms in total. The molecular weight excluding hydrogens is 238 g/mol. The molecule has 0 atom stereocenters. The molecule has 19 heavy (non-hydrogen) atoms. The summed E-state index contributed by atoms with van der Waals surface area (Å²) in [5.74, 6) is 0.553. The van der Waals surface area contributed by atoms with Gasteiger partial charge >= 0.3 is 0 Å². The maximum absolute atomic E-state index is 8.30. The maximum atomic E-state index is 8.30. The summed E-state index contributed by atoms with van der Waals surface area (Å²) in [7, 11) is 3.45. The van der Waals surface area contributed by atoms with Crippen molar-refractivity contribution in [2.24, 2.45) is 0 Å². The van der Waals surface area contributed by atoms with Crippen LogP contribution in [-0.2, 0) is 0 Å². The number of methoxy groups -OCH3 is 1. The van der Waals surface area contributed by atoms with Gasteiger partial charge in [0.05, 0.1) is 12.8 Å². The van der Waals surface area contributed by atoms with E-state index >= 15 is 0 Å². The molecule has 1 heterocycles. The lowest BCUT2D eigenvalue weighted by Gasteiger charge is -2.10. The zero-order chi connectivity index (χ0) is 13.8. The average Bonchev–Trinajstić information content (AvgIpc) is 2.47. The van der Waals surface area contributed by atoms with Crippen LogP contribution in [0, 0.1) is 12.3 Å². The number of anilines is 1. The highest BCUT2D eigenvalue weighted by Gasteiger charge is 2.09. The Kier molecular flexibility index (Phi) is 3.80. The van der Waals surface area contributed by atoms with Crippen LogP contribution in [0.1, 0.15) is 16.7 Å². The lowest BCUT2D eigenvalue weighted by Crippen LogP contribution is -2.05. The predicted octanol–water partition coefficient (Wildman–Crippen LogP) is 2.86. The number of nitrogens with one attached hydrogen (secondary N) is 2. The van der Waals surface area contributed by atoms with E-state index in [-0.39, 0.29) is 0 Å². The summed E-state index contributed by atoms with van der Waals surface area (Å²) in [5, 5.41) is 11.4. The Bertz CT molecular complexity index is 591. The van der Waals surface area contributed by atoms with Gasteiger partial charge in [-0.05, 0) is 30.7 Å². The summed E-state index contributed by atoms with van der Waals surface area (Å²) >= 11 is 0. The molecule has 0 saturated carbocycles. The minimum Gasteiger partial charge on any atom is -0.481 e. The van der Waals surface area contributed by atoms with E-state index < -0.39 is 0 Å². The van der Waals surface area contributed by atoms with Crippen LogP contribution >= 0.6 is 0 Å². The van der Waals surface area contributed by atoms with Crippen LogP contribution in [-0.4, -0.2) is 24.9 Å². The van der Waals surface area contributed by atoms with Crippen molar-refractivity contribution in [2.45, 2.75) is 6.92 Å². The SMILES string of the molecule is CNc1ccc(C)c(C(=N)c2ccc(OC)nc2)c1. The number of hydrogen-bond donors (Lipinski definition) is 2. The Hall–Kier alpha value is -2.36. The van der Waals surface area contributed by atoms with E-state index in [0.717, 1.165) is 22.4 Å². The maximum Gasteiger partial charge on any atom is 0.212 e. The van der Waals surface area contributed by atoms with Crippen molar-refractivity contribution in [1.29, 1.82) is 5.41 Å². The highest BCUT2D eigenvalue weighted by molar-refractivity contribution is 6.12. The van der Waals surface area contributed by atoms with E-state index in [4.69, 9.17) is 10.1 Å². The van der Waals surface area contributed by atoms with Gasteiger partial charge in [0.25, 0.3) is 0 Å². The Morgan fingerprint density at radius 1 is 1.26 bits per heavy atom. The molecule has 2 aromatic rings. The highest BCUT2D eigenvalue weighted by Crippen LogP contribution is 2.19. The summed E-state index contributed by atoms with van der Waals surface area (Å²) in [6, 6.07) is 9.59. The second-order valence-corrected chi connectivity index (χ2v) is 4.24. The predicted molar refractivity (Wildman–Crippen MR) is 77.4 cm³/mol.